The highest BCUT2D eigenvalue weighted by molar-refractivity contribution is 6.29. The number of aromatic nitrogens is 3. The van der Waals surface area contributed by atoms with E-state index in [0.717, 1.165) is 0 Å². The maximum atomic E-state index is 10.8. The molecule has 8 heteroatoms. The highest BCUT2D eigenvalue weighted by Gasteiger charge is 2.13. The van der Waals surface area contributed by atoms with Gasteiger partial charge in [0.15, 0.2) is 11.0 Å². The van der Waals surface area contributed by atoms with Crippen molar-refractivity contribution in [2.24, 2.45) is 0 Å². The average molecular weight is 300 g/mol. The number of rotatable bonds is 2. The van der Waals surface area contributed by atoms with Crippen molar-refractivity contribution in [3.05, 3.63) is 57.4 Å². The first-order valence-electron chi connectivity index (χ1n) is 5.79. The Morgan fingerprint density at radius 2 is 2.10 bits per heavy atom. The van der Waals surface area contributed by atoms with Gasteiger partial charge in [0.25, 0.3) is 5.69 Å². The second-order valence-corrected chi connectivity index (χ2v) is 4.59. The third-order valence-corrected chi connectivity index (χ3v) is 3.16. The Morgan fingerprint density at radius 3 is 2.81 bits per heavy atom. The lowest BCUT2D eigenvalue weighted by Crippen LogP contribution is -2.01. The van der Waals surface area contributed by atoms with Crippen molar-refractivity contribution < 1.29 is 4.92 Å². The molecule has 0 bridgehead atoms. The van der Waals surface area contributed by atoms with Crippen molar-refractivity contribution in [2.75, 3.05) is 0 Å². The van der Waals surface area contributed by atoms with Crippen LogP contribution in [0.4, 0.5) is 5.69 Å². The van der Waals surface area contributed by atoms with Crippen LogP contribution in [0.3, 0.4) is 0 Å². The van der Waals surface area contributed by atoms with E-state index in [0.29, 0.717) is 16.7 Å². The van der Waals surface area contributed by atoms with Gasteiger partial charge in [-0.05, 0) is 18.2 Å². The van der Waals surface area contributed by atoms with Gasteiger partial charge in [0.2, 0.25) is 0 Å². The molecule has 0 unspecified atom stereocenters. The molecule has 0 atom stereocenters. The van der Waals surface area contributed by atoms with Crippen LogP contribution in [-0.2, 0) is 0 Å². The Labute approximate surface area is 123 Å². The van der Waals surface area contributed by atoms with E-state index < -0.39 is 4.92 Å². The predicted octanol–water partition coefficient (Wildman–Crippen LogP) is 2.85. The molecule has 0 N–H and O–H groups in total. The zero-order chi connectivity index (χ0) is 15.0. The van der Waals surface area contributed by atoms with E-state index in [1.165, 1.54) is 18.2 Å². The van der Waals surface area contributed by atoms with Crippen LogP contribution >= 0.6 is 11.6 Å². The summed E-state index contributed by atoms with van der Waals surface area (Å²) >= 11 is 5.72. The number of benzene rings is 1. The molecule has 0 saturated carbocycles. The summed E-state index contributed by atoms with van der Waals surface area (Å²) in [6.45, 7) is 0. The standard InChI is InChI=1S/C13H6ClN5O2/c14-12-6-9(7-15)13(17-16-12)18-4-3-8-5-10(19(20)21)1-2-11(8)18/h1-6H. The number of nitriles is 1. The summed E-state index contributed by atoms with van der Waals surface area (Å²) in [5.74, 6) is 0.325. The molecule has 0 radical (unpaired) electrons. The van der Waals surface area contributed by atoms with Gasteiger partial charge in [0.1, 0.15) is 11.6 Å². The van der Waals surface area contributed by atoms with E-state index in [-0.39, 0.29) is 16.4 Å². The number of nitro groups is 1. The van der Waals surface area contributed by atoms with Gasteiger partial charge in [-0.1, -0.05) is 11.6 Å². The summed E-state index contributed by atoms with van der Waals surface area (Å²) in [4.78, 5) is 10.3. The number of halogens is 1. The van der Waals surface area contributed by atoms with Gasteiger partial charge in [-0.15, -0.1) is 10.2 Å². The maximum absolute atomic E-state index is 10.8. The van der Waals surface area contributed by atoms with E-state index in [1.54, 1.807) is 22.9 Å². The van der Waals surface area contributed by atoms with Crippen LogP contribution in [0.25, 0.3) is 16.7 Å². The topological polar surface area (TPSA) is 97.6 Å². The monoisotopic (exact) mass is 299 g/mol. The molecule has 0 spiro atoms. The fourth-order valence-corrected chi connectivity index (χ4v) is 2.20. The van der Waals surface area contributed by atoms with Crippen LogP contribution in [0.15, 0.2) is 36.5 Å². The van der Waals surface area contributed by atoms with Crippen LogP contribution in [0.2, 0.25) is 5.15 Å². The third-order valence-electron chi connectivity index (χ3n) is 2.98. The molecule has 2 aromatic heterocycles. The zero-order valence-corrected chi connectivity index (χ0v) is 11.2. The number of hydrogen-bond donors (Lipinski definition) is 0. The smallest absolute Gasteiger partial charge is 0.270 e. The number of nitrogens with zero attached hydrogens (tertiary/aromatic N) is 5. The van der Waals surface area contributed by atoms with Crippen molar-refractivity contribution >= 4 is 28.2 Å². The molecule has 3 aromatic rings. The Morgan fingerprint density at radius 1 is 1.29 bits per heavy atom. The van der Waals surface area contributed by atoms with Crippen molar-refractivity contribution in [1.29, 1.82) is 5.26 Å². The molecule has 3 rings (SSSR count). The second kappa shape index (κ2) is 4.85. The van der Waals surface area contributed by atoms with E-state index in [9.17, 15) is 10.1 Å². The number of non-ortho nitro benzene ring substituents is 1. The van der Waals surface area contributed by atoms with Crippen LogP contribution in [0.5, 0.6) is 0 Å². The molecule has 0 amide bonds. The quantitative estimate of drug-likeness (QED) is 0.535. The molecular weight excluding hydrogens is 294 g/mol. The van der Waals surface area contributed by atoms with Crippen molar-refractivity contribution in [3.63, 3.8) is 0 Å². The molecule has 102 valence electrons. The summed E-state index contributed by atoms with van der Waals surface area (Å²) in [6.07, 6.45) is 1.67. The minimum Gasteiger partial charge on any atom is -0.299 e. The van der Waals surface area contributed by atoms with Crippen LogP contribution in [-0.4, -0.2) is 19.7 Å². The van der Waals surface area contributed by atoms with Gasteiger partial charge < -0.3 is 0 Å². The SMILES string of the molecule is N#Cc1cc(Cl)nnc1-n1ccc2cc([N+](=O)[O-])ccc21. The number of nitro benzene ring substituents is 1. The summed E-state index contributed by atoms with van der Waals surface area (Å²) in [5.41, 5.74) is 0.961. The molecule has 21 heavy (non-hydrogen) atoms. The van der Waals surface area contributed by atoms with Gasteiger partial charge in [-0.3, -0.25) is 14.7 Å². The van der Waals surface area contributed by atoms with E-state index in [1.807, 2.05) is 6.07 Å². The largest absolute Gasteiger partial charge is 0.299 e. The molecule has 2 heterocycles. The van der Waals surface area contributed by atoms with Gasteiger partial charge in [0.05, 0.1) is 10.4 Å². The van der Waals surface area contributed by atoms with Crippen molar-refractivity contribution in [2.45, 2.75) is 0 Å². The van der Waals surface area contributed by atoms with Gasteiger partial charge in [0, 0.05) is 23.7 Å². The molecule has 7 nitrogen and oxygen atoms in total. The summed E-state index contributed by atoms with van der Waals surface area (Å²) < 4.78 is 1.64. The second-order valence-electron chi connectivity index (χ2n) is 4.20. The lowest BCUT2D eigenvalue weighted by Gasteiger charge is -2.05. The maximum Gasteiger partial charge on any atom is 0.270 e. The van der Waals surface area contributed by atoms with Crippen molar-refractivity contribution in [3.8, 4) is 11.9 Å². The number of hydrogen-bond acceptors (Lipinski definition) is 5. The van der Waals surface area contributed by atoms with Crippen molar-refractivity contribution in [1.82, 2.24) is 14.8 Å². The Hall–Kier alpha value is -2.98. The lowest BCUT2D eigenvalue weighted by atomic mass is 10.2. The van der Waals surface area contributed by atoms with Crippen LogP contribution in [0.1, 0.15) is 5.56 Å². The minimum atomic E-state index is -0.459. The summed E-state index contributed by atoms with van der Waals surface area (Å²) in [7, 11) is 0. The first-order chi connectivity index (χ1) is 10.1. The fourth-order valence-electron chi connectivity index (χ4n) is 2.05. The van der Waals surface area contributed by atoms with E-state index in [4.69, 9.17) is 16.9 Å². The van der Waals surface area contributed by atoms with E-state index in [2.05, 4.69) is 10.2 Å². The van der Waals surface area contributed by atoms with Crippen LogP contribution < -0.4 is 0 Å². The average Bonchev–Trinajstić information content (AvgIpc) is 2.89. The van der Waals surface area contributed by atoms with E-state index >= 15 is 0 Å². The first-order valence-corrected chi connectivity index (χ1v) is 6.17. The highest BCUT2D eigenvalue weighted by atomic mass is 35.5. The van der Waals surface area contributed by atoms with Gasteiger partial charge in [-0.2, -0.15) is 5.26 Å². The number of fused-ring (bicyclic) bond motifs is 1. The molecule has 1 aromatic carbocycles. The molecule has 0 aliphatic carbocycles. The fraction of sp³-hybridized carbons (Fsp3) is 0. The van der Waals surface area contributed by atoms with Gasteiger partial charge >= 0.3 is 0 Å². The molecule has 0 aliphatic rings. The van der Waals surface area contributed by atoms with Gasteiger partial charge in [-0.25, -0.2) is 0 Å². The summed E-state index contributed by atoms with van der Waals surface area (Å²) in [6, 6.07) is 9.59. The molecule has 0 fully saturated rings. The van der Waals surface area contributed by atoms with Crippen LogP contribution in [0, 0.1) is 21.4 Å². The first kappa shape index (κ1) is 13.0. The molecule has 0 saturated heterocycles. The molecular formula is C13H6ClN5O2. The highest BCUT2D eigenvalue weighted by Crippen LogP contribution is 2.25. The summed E-state index contributed by atoms with van der Waals surface area (Å²) in [5, 5.41) is 28.4. The minimum absolute atomic E-state index is 0.00273. The Bertz CT molecular complexity index is 913. The zero-order valence-electron chi connectivity index (χ0n) is 10.4. The Kier molecular flexibility index (Phi) is 3.01. The lowest BCUT2D eigenvalue weighted by molar-refractivity contribution is -0.384. The Balaban J connectivity index is 2.23. The normalized spacial score (nSPS) is 10.5. The third kappa shape index (κ3) is 2.17. The molecule has 0 aliphatic heterocycles. The predicted molar refractivity (Wildman–Crippen MR) is 75.2 cm³/mol.